The maximum Gasteiger partial charge on any atom is 0.237 e. The van der Waals surface area contributed by atoms with Crippen molar-refractivity contribution in [1.82, 2.24) is 31.0 Å². The molecule has 0 saturated heterocycles. The molecule has 0 saturated carbocycles. The third kappa shape index (κ3) is 18.6. The van der Waals surface area contributed by atoms with Gasteiger partial charge in [-0.25, -0.2) is 0 Å². The van der Waals surface area contributed by atoms with E-state index in [0.717, 1.165) is 51.6 Å². The number of amides is 2. The van der Waals surface area contributed by atoms with Gasteiger partial charge in [-0.2, -0.15) is 0 Å². The molecule has 214 valence electrons. The average Bonchev–Trinajstić information content (AvgIpc) is 2.84. The minimum absolute atomic E-state index is 0.000318. The van der Waals surface area contributed by atoms with Crippen LogP contribution >= 0.6 is 37.6 Å². The van der Waals surface area contributed by atoms with Gasteiger partial charge in [0.1, 0.15) is 5.72 Å². The topological polar surface area (TPSA) is 142 Å². The first-order chi connectivity index (χ1) is 17.0. The number of hydrogen-bond donors (Lipinski definition) is 7. The van der Waals surface area contributed by atoms with Crippen molar-refractivity contribution < 1.29 is 14.3 Å². The number of nitrogens with two attached hydrogens (primary N) is 1. The van der Waals surface area contributed by atoms with Crippen molar-refractivity contribution in [2.45, 2.75) is 89.9 Å². The lowest BCUT2D eigenvalue weighted by Crippen LogP contribution is -2.47. The molecule has 0 aliphatic heterocycles. The standard InChI is InChI=1S/C22H53N7O3P4/c1-21(2,15-25-20(31)18(29-36)10-5-7-14-27-34)16-32-22(3,23)11-8-12-24-19(30)17(28-35)9-4-6-13-26-33/h17-18,26-29H,4-16,23,33-36H2,1-3H3,(H,24,30)(H,25,31). The Morgan fingerprint density at radius 3 is 1.75 bits per heavy atom. The summed E-state index contributed by atoms with van der Waals surface area (Å²) in [5, 5.41) is 18.1. The maximum absolute atomic E-state index is 12.6. The maximum atomic E-state index is 12.6. The first-order valence-corrected chi connectivity index (χ1v) is 15.1. The molecule has 0 aromatic heterocycles. The summed E-state index contributed by atoms with van der Waals surface area (Å²) < 4.78 is 6.02. The van der Waals surface area contributed by atoms with Crippen LogP contribution in [0.2, 0.25) is 0 Å². The van der Waals surface area contributed by atoms with Crippen molar-refractivity contribution in [2.75, 3.05) is 32.8 Å². The van der Waals surface area contributed by atoms with Gasteiger partial charge in [-0.15, -0.1) is 0 Å². The molecule has 0 spiro atoms. The van der Waals surface area contributed by atoms with E-state index in [4.69, 9.17) is 10.5 Å². The van der Waals surface area contributed by atoms with Gasteiger partial charge in [0.15, 0.2) is 0 Å². The zero-order chi connectivity index (χ0) is 27.5. The van der Waals surface area contributed by atoms with E-state index in [9.17, 15) is 9.59 Å². The third-order valence-corrected chi connectivity index (χ3v) is 7.23. The van der Waals surface area contributed by atoms with Gasteiger partial charge in [-0.3, -0.25) is 19.8 Å². The molecule has 0 radical (unpaired) electrons. The van der Waals surface area contributed by atoms with E-state index >= 15 is 0 Å². The van der Waals surface area contributed by atoms with Crippen molar-refractivity contribution in [2.24, 2.45) is 11.1 Å². The fourth-order valence-corrected chi connectivity index (χ4v) is 4.48. The molecule has 10 nitrogen and oxygen atoms in total. The number of hydrogen-bond acceptors (Lipinski definition) is 8. The van der Waals surface area contributed by atoms with E-state index in [1.165, 1.54) is 0 Å². The molecule has 0 bridgehead atoms. The van der Waals surface area contributed by atoms with Gasteiger partial charge in [-0.1, -0.05) is 64.3 Å². The van der Waals surface area contributed by atoms with Crippen LogP contribution in [0.1, 0.15) is 72.1 Å². The van der Waals surface area contributed by atoms with Gasteiger partial charge >= 0.3 is 0 Å². The van der Waals surface area contributed by atoms with Crippen LogP contribution in [-0.2, 0) is 14.3 Å². The van der Waals surface area contributed by atoms with Crippen molar-refractivity contribution in [3.8, 4) is 0 Å². The molecule has 14 heteroatoms. The summed E-state index contributed by atoms with van der Waals surface area (Å²) in [5.74, 6) is -0.0119. The highest BCUT2D eigenvalue weighted by Gasteiger charge is 2.27. The molecule has 36 heavy (non-hydrogen) atoms. The van der Waals surface area contributed by atoms with Crippen LogP contribution < -0.4 is 36.7 Å². The highest BCUT2D eigenvalue weighted by molar-refractivity contribution is 7.14. The summed E-state index contributed by atoms with van der Waals surface area (Å²) in [7, 11) is 9.86. The zero-order valence-corrected chi connectivity index (χ0v) is 27.1. The summed E-state index contributed by atoms with van der Waals surface area (Å²) in [6.07, 6.45) is 6.86. The highest BCUT2D eigenvalue weighted by atomic mass is 31.0. The summed E-state index contributed by atoms with van der Waals surface area (Å²) in [6.45, 7) is 9.22. The Morgan fingerprint density at radius 1 is 0.778 bits per heavy atom. The van der Waals surface area contributed by atoms with E-state index in [-0.39, 0.29) is 29.3 Å². The molecule has 0 aromatic rings. The van der Waals surface area contributed by atoms with Crippen molar-refractivity contribution >= 4 is 49.4 Å². The first kappa shape index (κ1) is 36.4. The minimum atomic E-state index is -0.814. The first-order valence-electron chi connectivity index (χ1n) is 12.8. The summed E-state index contributed by atoms with van der Waals surface area (Å²) >= 11 is 0. The second-order valence-corrected chi connectivity index (χ2v) is 11.7. The Kier molecular flexibility index (Phi) is 21.5. The van der Waals surface area contributed by atoms with E-state index in [1.54, 1.807) is 0 Å². The normalized spacial score (nSPS) is 15.2. The van der Waals surface area contributed by atoms with E-state index in [2.05, 4.69) is 68.5 Å². The number of carbonyl (C=O) groups is 2. The molecule has 0 aromatic carbocycles. The van der Waals surface area contributed by atoms with Crippen LogP contribution in [0, 0.1) is 5.41 Å². The van der Waals surface area contributed by atoms with Crippen LogP contribution in [0.15, 0.2) is 0 Å². The monoisotopic (exact) mass is 587 g/mol. The lowest BCUT2D eigenvalue weighted by molar-refractivity contribution is -0.124. The van der Waals surface area contributed by atoms with Crippen molar-refractivity contribution in [3.05, 3.63) is 0 Å². The molecule has 8 N–H and O–H groups in total. The SMILES string of the molecule is CC(C)(CNC(=O)C(CCCCNP)NP)COC(C)(N)CCCNC(=O)C(CCCCNP)NP. The molecule has 0 aliphatic rings. The molecule has 7 atom stereocenters. The molecule has 2 amide bonds. The minimum Gasteiger partial charge on any atom is -0.361 e. The number of unbranched alkanes of at least 4 members (excludes halogenated alkanes) is 2. The van der Waals surface area contributed by atoms with Gasteiger partial charge in [0.25, 0.3) is 0 Å². The largest absolute Gasteiger partial charge is 0.361 e. The smallest absolute Gasteiger partial charge is 0.237 e. The van der Waals surface area contributed by atoms with Gasteiger partial charge in [-0.05, 0) is 58.5 Å². The Labute approximate surface area is 228 Å². The fourth-order valence-electron chi connectivity index (χ4n) is 3.44. The van der Waals surface area contributed by atoms with Crippen LogP contribution in [-0.4, -0.2) is 62.4 Å². The van der Waals surface area contributed by atoms with Gasteiger partial charge < -0.3 is 31.3 Å². The van der Waals surface area contributed by atoms with E-state index in [1.807, 2.05) is 20.8 Å². The van der Waals surface area contributed by atoms with Crippen LogP contribution in [0.25, 0.3) is 0 Å². The van der Waals surface area contributed by atoms with E-state index in [0.29, 0.717) is 32.5 Å². The van der Waals surface area contributed by atoms with Crippen LogP contribution in [0.3, 0.4) is 0 Å². The van der Waals surface area contributed by atoms with Crippen LogP contribution in [0.5, 0.6) is 0 Å². The summed E-state index contributed by atoms with van der Waals surface area (Å²) in [5.41, 5.74) is 5.27. The Morgan fingerprint density at radius 2 is 1.28 bits per heavy atom. The van der Waals surface area contributed by atoms with Crippen molar-refractivity contribution in [3.63, 3.8) is 0 Å². The number of ether oxygens (including phenoxy) is 1. The zero-order valence-electron chi connectivity index (χ0n) is 22.5. The predicted octanol–water partition coefficient (Wildman–Crippen LogP) is 1.31. The third-order valence-electron chi connectivity index (χ3n) is 5.85. The highest BCUT2D eigenvalue weighted by Crippen LogP contribution is 2.20. The molecular formula is C22H53N7O3P4. The predicted molar refractivity (Wildman–Crippen MR) is 164 cm³/mol. The summed E-state index contributed by atoms with van der Waals surface area (Å²) in [6, 6.07) is -0.454. The Hall–Kier alpha value is 0.420. The number of carbonyl (C=O) groups excluding carboxylic acids is 2. The van der Waals surface area contributed by atoms with Gasteiger partial charge in [0.2, 0.25) is 11.8 Å². The lowest BCUT2D eigenvalue weighted by Gasteiger charge is -2.32. The van der Waals surface area contributed by atoms with Crippen molar-refractivity contribution in [1.29, 1.82) is 0 Å². The van der Waals surface area contributed by atoms with Gasteiger partial charge in [0, 0.05) is 18.5 Å². The fraction of sp³-hybridized carbons (Fsp3) is 0.909. The molecule has 0 fully saturated rings. The van der Waals surface area contributed by atoms with Crippen LogP contribution in [0.4, 0.5) is 0 Å². The second kappa shape index (κ2) is 21.3. The number of rotatable bonds is 23. The Bertz CT molecular complexity index is 604. The van der Waals surface area contributed by atoms with E-state index < -0.39 is 5.72 Å². The lowest BCUT2D eigenvalue weighted by atomic mass is 9.94. The molecule has 7 unspecified atom stereocenters. The Balaban J connectivity index is 4.30. The quantitative estimate of drug-likeness (QED) is 0.0540. The molecule has 0 heterocycles. The molecular weight excluding hydrogens is 534 g/mol. The molecule has 0 aliphatic carbocycles. The molecule has 0 rings (SSSR count). The number of nitrogens with one attached hydrogen (secondary N) is 6. The average molecular weight is 588 g/mol. The van der Waals surface area contributed by atoms with Gasteiger partial charge in [0.05, 0.1) is 18.7 Å². The second-order valence-electron chi connectivity index (χ2n) is 10.2. The summed E-state index contributed by atoms with van der Waals surface area (Å²) in [4.78, 5) is 24.9.